The maximum atomic E-state index is 2.47. The first-order chi connectivity index (χ1) is 33.7. The van der Waals surface area contributed by atoms with Crippen molar-refractivity contribution in [2.45, 2.75) is 12.8 Å². The number of para-hydroxylation sites is 4. The highest BCUT2D eigenvalue weighted by Crippen LogP contribution is 2.46. The van der Waals surface area contributed by atoms with Crippen LogP contribution in [0.3, 0.4) is 0 Å². The van der Waals surface area contributed by atoms with E-state index in [1.54, 1.807) is 0 Å². The second kappa shape index (κ2) is 16.6. The summed E-state index contributed by atoms with van der Waals surface area (Å²) in [6.45, 7) is 0. The summed E-state index contributed by atoms with van der Waals surface area (Å²) in [6, 6.07) is 91.2. The van der Waals surface area contributed by atoms with Crippen LogP contribution in [0.4, 0.5) is 28.4 Å². The highest BCUT2D eigenvalue weighted by Gasteiger charge is 2.23. The topological polar surface area (TPSA) is 6.48 Å². The number of hydrogen-bond acceptors (Lipinski definition) is 2. The molecule has 0 N–H and O–H groups in total. The molecule has 12 aromatic carbocycles. The molecule has 0 unspecified atom stereocenters. The molecule has 1 aliphatic carbocycles. The Labute approximate surface area is 396 Å². The zero-order valence-corrected chi connectivity index (χ0v) is 37.6. The average Bonchev–Trinajstić information content (AvgIpc) is 3.41. The molecule has 0 amide bonds. The molecule has 0 radical (unpaired) electrons. The molecule has 12 aromatic rings. The molecule has 68 heavy (non-hydrogen) atoms. The third-order valence-electron chi connectivity index (χ3n) is 14.1. The van der Waals surface area contributed by atoms with Crippen LogP contribution < -0.4 is 9.80 Å². The quantitative estimate of drug-likeness (QED) is 0.111. The van der Waals surface area contributed by atoms with E-state index >= 15 is 0 Å². The number of hydrogen-bond donors (Lipinski definition) is 0. The minimum atomic E-state index is 0.863. The Balaban J connectivity index is 0.926. The lowest BCUT2D eigenvalue weighted by atomic mass is 9.84. The Morgan fingerprint density at radius 2 is 0.706 bits per heavy atom. The molecule has 2 heteroatoms. The third kappa shape index (κ3) is 6.81. The number of benzene rings is 12. The van der Waals surface area contributed by atoms with Crippen LogP contribution >= 0.6 is 0 Å². The zero-order valence-electron chi connectivity index (χ0n) is 37.6. The molecule has 0 aromatic heterocycles. The summed E-state index contributed by atoms with van der Waals surface area (Å²) in [5.74, 6) is 0. The maximum Gasteiger partial charge on any atom is 0.0468 e. The van der Waals surface area contributed by atoms with Gasteiger partial charge in [-0.2, -0.15) is 0 Å². The molecular formula is C66H46N2. The van der Waals surface area contributed by atoms with Gasteiger partial charge >= 0.3 is 0 Å². The molecule has 0 bridgehead atoms. The van der Waals surface area contributed by atoms with Gasteiger partial charge in [0.1, 0.15) is 0 Å². The van der Waals surface area contributed by atoms with Crippen LogP contribution in [0.25, 0.3) is 76.1 Å². The number of allylic oxidation sites excluding steroid dienone is 2. The van der Waals surface area contributed by atoms with Crippen LogP contribution in [0, 0.1) is 0 Å². The van der Waals surface area contributed by atoms with Crippen LogP contribution in [0.1, 0.15) is 11.1 Å². The first-order valence-corrected chi connectivity index (χ1v) is 23.7. The van der Waals surface area contributed by atoms with Crippen molar-refractivity contribution in [3.8, 4) is 22.3 Å². The van der Waals surface area contributed by atoms with Crippen molar-refractivity contribution in [3.63, 3.8) is 0 Å². The van der Waals surface area contributed by atoms with Crippen LogP contribution in [0.2, 0.25) is 0 Å². The number of fused-ring (bicyclic) bond motifs is 8. The summed E-state index contributed by atoms with van der Waals surface area (Å²) in [6.07, 6.45) is 4.18. The third-order valence-corrected chi connectivity index (χ3v) is 14.1. The minimum Gasteiger partial charge on any atom is -0.314 e. The molecular weight excluding hydrogens is 821 g/mol. The molecule has 0 atom stereocenters. The van der Waals surface area contributed by atoms with Crippen LogP contribution in [-0.2, 0) is 12.8 Å². The highest BCUT2D eigenvalue weighted by atomic mass is 15.2. The van der Waals surface area contributed by atoms with Gasteiger partial charge in [-0.15, -0.1) is 0 Å². The second-order valence-corrected chi connectivity index (χ2v) is 18.0. The zero-order chi connectivity index (χ0) is 45.0. The number of anilines is 5. The van der Waals surface area contributed by atoms with E-state index in [9.17, 15) is 0 Å². The summed E-state index contributed by atoms with van der Waals surface area (Å²) in [5, 5.41) is 12.6. The van der Waals surface area contributed by atoms with Gasteiger partial charge in [0.2, 0.25) is 0 Å². The molecule has 0 saturated carbocycles. The van der Waals surface area contributed by atoms with Crippen molar-refractivity contribution >= 4 is 82.3 Å². The Kier molecular flexibility index (Phi) is 9.68. The predicted octanol–water partition coefficient (Wildman–Crippen LogP) is 18.1. The van der Waals surface area contributed by atoms with Crippen molar-refractivity contribution in [2.24, 2.45) is 0 Å². The molecule has 0 fully saturated rings. The fourth-order valence-electron chi connectivity index (χ4n) is 11.0. The van der Waals surface area contributed by atoms with Crippen molar-refractivity contribution in [3.05, 3.63) is 272 Å². The van der Waals surface area contributed by atoms with E-state index in [4.69, 9.17) is 0 Å². The van der Waals surface area contributed by atoms with E-state index in [-0.39, 0.29) is 0 Å². The van der Waals surface area contributed by atoms with E-state index in [0.717, 1.165) is 29.9 Å². The fraction of sp³-hybridized carbons (Fsp3) is 0.0303. The lowest BCUT2D eigenvalue weighted by Gasteiger charge is -2.31. The van der Waals surface area contributed by atoms with E-state index < -0.39 is 0 Å². The van der Waals surface area contributed by atoms with Gasteiger partial charge in [0.15, 0.2) is 0 Å². The molecule has 2 nitrogen and oxygen atoms in total. The van der Waals surface area contributed by atoms with Crippen LogP contribution in [0.15, 0.2) is 260 Å². The monoisotopic (exact) mass is 866 g/mol. The summed E-state index contributed by atoms with van der Waals surface area (Å²) >= 11 is 0. The molecule has 0 heterocycles. The van der Waals surface area contributed by atoms with Gasteiger partial charge in [-0.25, -0.2) is 0 Å². The summed E-state index contributed by atoms with van der Waals surface area (Å²) in [4.78, 5) is 4.76. The van der Waals surface area contributed by atoms with E-state index in [1.807, 2.05) is 0 Å². The molecule has 0 spiro atoms. The predicted molar refractivity (Wildman–Crippen MR) is 290 cm³/mol. The average molecular weight is 867 g/mol. The lowest BCUT2D eigenvalue weighted by Crippen LogP contribution is -2.21. The fourth-order valence-corrected chi connectivity index (χ4v) is 11.0. The molecule has 0 saturated heterocycles. The first kappa shape index (κ1) is 39.6. The summed E-state index contributed by atoms with van der Waals surface area (Å²) < 4.78 is 0. The molecule has 13 rings (SSSR count). The second-order valence-electron chi connectivity index (χ2n) is 18.0. The van der Waals surface area contributed by atoms with Crippen molar-refractivity contribution in [1.29, 1.82) is 0 Å². The maximum absolute atomic E-state index is 2.47. The molecule has 1 aliphatic rings. The molecule has 0 aliphatic heterocycles. The van der Waals surface area contributed by atoms with Gasteiger partial charge in [-0.1, -0.05) is 182 Å². The van der Waals surface area contributed by atoms with Gasteiger partial charge in [0.05, 0.1) is 0 Å². The summed E-state index contributed by atoms with van der Waals surface area (Å²) in [7, 11) is 0. The smallest absolute Gasteiger partial charge is 0.0468 e. The Bertz CT molecular complexity index is 3760. The van der Waals surface area contributed by atoms with Crippen LogP contribution in [0.5, 0.6) is 0 Å². The van der Waals surface area contributed by atoms with E-state index in [1.165, 1.54) is 104 Å². The summed E-state index contributed by atoms with van der Waals surface area (Å²) in [5.41, 5.74) is 14.9. The normalized spacial score (nSPS) is 12.4. The van der Waals surface area contributed by atoms with Gasteiger partial charge < -0.3 is 9.80 Å². The van der Waals surface area contributed by atoms with E-state index in [0.29, 0.717) is 0 Å². The standard InChI is InChI=1S/C66H46N2/c1-5-17-51(18-6-1)67(52-19-7-2-8-20-52)55-37-39-57-47(41-55)33-29-45-31-35-49(43-63(45)57)65-59-25-13-15-27-61(59)66(62-28-16-14-26-60(62)65)50-36-32-46-30-34-48-42-56(38-40-58(48)64(46)44-50)68(53-21-9-3-10-22-53)54-23-11-4-12-24-54/h1-39,41,43-44H,40,42H2. The van der Waals surface area contributed by atoms with Crippen LogP contribution in [-0.4, -0.2) is 0 Å². The number of rotatable bonds is 8. The first-order valence-electron chi connectivity index (χ1n) is 23.7. The Hall–Kier alpha value is -8.72. The van der Waals surface area contributed by atoms with Gasteiger partial charge in [0, 0.05) is 40.6 Å². The van der Waals surface area contributed by atoms with E-state index in [2.05, 4.69) is 265 Å². The Morgan fingerprint density at radius 1 is 0.279 bits per heavy atom. The van der Waals surface area contributed by atoms with Gasteiger partial charge in [-0.05, 0) is 166 Å². The SMILES string of the molecule is C1=C(N(c2ccccc2)c2ccccc2)Cc2ccc3ccc(-c4c5ccccc5c(-c5ccc6ccc7cc(N(c8ccccc8)c8ccccc8)ccc7c6c5)c5ccccc45)cc3c2C1. The van der Waals surface area contributed by atoms with Crippen molar-refractivity contribution < 1.29 is 0 Å². The lowest BCUT2D eigenvalue weighted by molar-refractivity contribution is 0.972. The largest absolute Gasteiger partial charge is 0.314 e. The highest BCUT2D eigenvalue weighted by molar-refractivity contribution is 6.22. The van der Waals surface area contributed by atoms with Crippen molar-refractivity contribution in [2.75, 3.05) is 9.80 Å². The van der Waals surface area contributed by atoms with Crippen molar-refractivity contribution in [1.82, 2.24) is 0 Å². The number of nitrogens with zero attached hydrogens (tertiary/aromatic N) is 2. The minimum absolute atomic E-state index is 0.863. The van der Waals surface area contributed by atoms with Gasteiger partial charge in [0.25, 0.3) is 0 Å². The van der Waals surface area contributed by atoms with Gasteiger partial charge in [-0.3, -0.25) is 0 Å². The Morgan fingerprint density at radius 3 is 1.24 bits per heavy atom. The molecule has 320 valence electrons.